The maximum Gasteiger partial charge on any atom is 0.123 e. The van der Waals surface area contributed by atoms with Gasteiger partial charge in [-0.3, -0.25) is 4.90 Å². The Labute approximate surface area is 130 Å². The first-order valence-corrected chi connectivity index (χ1v) is 7.08. The molecule has 0 bridgehead atoms. The topological polar surface area (TPSA) is 33.1 Å². The van der Waals surface area contributed by atoms with Crippen molar-refractivity contribution in [3.63, 3.8) is 0 Å². The smallest absolute Gasteiger partial charge is 0.123 e. The van der Waals surface area contributed by atoms with Gasteiger partial charge in [0, 0.05) is 37.7 Å². The molecule has 6 heteroatoms. The number of rotatable bonds is 2. The van der Waals surface area contributed by atoms with Crippen LogP contribution in [0.3, 0.4) is 0 Å². The standard InChI is InChI=1S/C14H19ClN4.ClH/c1-10-8-19(6-5-16-10)9-14-17-12-4-3-11(15)7-13(12)18(14)2;/h3-4,7,10,16H,5-6,8-9H2,1-2H3;1H/t10-;/m1./s1. The summed E-state index contributed by atoms with van der Waals surface area (Å²) in [6.07, 6.45) is 0. The van der Waals surface area contributed by atoms with Crippen LogP contribution in [0.2, 0.25) is 5.02 Å². The number of nitrogens with one attached hydrogen (secondary N) is 1. The molecule has 4 nitrogen and oxygen atoms in total. The summed E-state index contributed by atoms with van der Waals surface area (Å²) in [7, 11) is 2.06. The van der Waals surface area contributed by atoms with E-state index < -0.39 is 0 Å². The number of aromatic nitrogens is 2. The van der Waals surface area contributed by atoms with Gasteiger partial charge in [0.2, 0.25) is 0 Å². The Morgan fingerprint density at radius 2 is 2.25 bits per heavy atom. The fraction of sp³-hybridized carbons (Fsp3) is 0.500. The molecular formula is C14H20Cl2N4. The number of nitrogens with zero attached hydrogens (tertiary/aromatic N) is 3. The molecule has 0 radical (unpaired) electrons. The van der Waals surface area contributed by atoms with E-state index >= 15 is 0 Å². The van der Waals surface area contributed by atoms with Gasteiger partial charge in [0.05, 0.1) is 17.6 Å². The van der Waals surface area contributed by atoms with Crippen LogP contribution in [0.4, 0.5) is 0 Å². The minimum absolute atomic E-state index is 0. The molecule has 1 atom stereocenters. The van der Waals surface area contributed by atoms with Gasteiger partial charge in [0.1, 0.15) is 5.82 Å². The summed E-state index contributed by atoms with van der Waals surface area (Å²) in [6, 6.07) is 6.42. The summed E-state index contributed by atoms with van der Waals surface area (Å²) in [5, 5.41) is 4.22. The third-order valence-electron chi connectivity index (χ3n) is 3.75. The van der Waals surface area contributed by atoms with Gasteiger partial charge in [-0.15, -0.1) is 12.4 Å². The molecule has 110 valence electrons. The van der Waals surface area contributed by atoms with Crippen molar-refractivity contribution in [2.75, 3.05) is 19.6 Å². The van der Waals surface area contributed by atoms with E-state index in [1.807, 2.05) is 18.2 Å². The van der Waals surface area contributed by atoms with E-state index in [9.17, 15) is 0 Å². The number of hydrogen-bond acceptors (Lipinski definition) is 3. The molecule has 3 rings (SSSR count). The molecule has 1 saturated heterocycles. The number of fused-ring (bicyclic) bond motifs is 1. The van der Waals surface area contributed by atoms with Crippen LogP contribution in [0.5, 0.6) is 0 Å². The van der Waals surface area contributed by atoms with E-state index in [2.05, 4.69) is 28.8 Å². The van der Waals surface area contributed by atoms with Gasteiger partial charge >= 0.3 is 0 Å². The van der Waals surface area contributed by atoms with Gasteiger partial charge in [0.25, 0.3) is 0 Å². The van der Waals surface area contributed by atoms with Crippen molar-refractivity contribution < 1.29 is 0 Å². The van der Waals surface area contributed by atoms with Crippen molar-refractivity contribution in [1.29, 1.82) is 0 Å². The van der Waals surface area contributed by atoms with Crippen molar-refractivity contribution >= 4 is 35.0 Å². The first kappa shape index (κ1) is 15.6. The number of halogens is 2. The van der Waals surface area contributed by atoms with Gasteiger partial charge in [-0.05, 0) is 25.1 Å². The van der Waals surface area contributed by atoms with E-state index in [1.54, 1.807) is 0 Å². The van der Waals surface area contributed by atoms with E-state index in [0.29, 0.717) is 6.04 Å². The van der Waals surface area contributed by atoms with Gasteiger partial charge in [-0.1, -0.05) is 11.6 Å². The number of aryl methyl sites for hydroxylation is 1. The van der Waals surface area contributed by atoms with E-state index in [0.717, 1.165) is 48.1 Å². The zero-order valence-corrected chi connectivity index (χ0v) is 13.3. The Kier molecular flexibility index (Phi) is 4.91. The van der Waals surface area contributed by atoms with Gasteiger partial charge in [0.15, 0.2) is 0 Å². The zero-order chi connectivity index (χ0) is 13.4. The zero-order valence-electron chi connectivity index (χ0n) is 11.8. The minimum atomic E-state index is 0. The van der Waals surface area contributed by atoms with E-state index in [-0.39, 0.29) is 12.4 Å². The predicted molar refractivity (Wildman–Crippen MR) is 85.7 cm³/mol. The molecule has 0 aliphatic carbocycles. The number of hydrogen-bond donors (Lipinski definition) is 1. The largest absolute Gasteiger partial charge is 0.330 e. The molecule has 0 saturated carbocycles. The fourth-order valence-corrected chi connectivity index (χ4v) is 2.88. The molecular weight excluding hydrogens is 295 g/mol. The lowest BCUT2D eigenvalue weighted by atomic mass is 10.2. The molecule has 1 aliphatic heterocycles. The van der Waals surface area contributed by atoms with Gasteiger partial charge < -0.3 is 9.88 Å². The first-order valence-electron chi connectivity index (χ1n) is 6.70. The second kappa shape index (κ2) is 6.31. The summed E-state index contributed by atoms with van der Waals surface area (Å²) >= 11 is 6.05. The van der Waals surface area contributed by atoms with Crippen LogP contribution < -0.4 is 5.32 Å². The molecule has 1 N–H and O–H groups in total. The second-order valence-corrected chi connectivity index (χ2v) is 5.75. The number of piperazine rings is 1. The van der Waals surface area contributed by atoms with Crippen molar-refractivity contribution in [3.05, 3.63) is 29.0 Å². The summed E-state index contributed by atoms with van der Waals surface area (Å²) in [6.45, 7) is 6.32. The molecule has 20 heavy (non-hydrogen) atoms. The molecule has 1 aliphatic rings. The molecule has 2 aromatic rings. The average molecular weight is 315 g/mol. The van der Waals surface area contributed by atoms with Crippen LogP contribution in [0, 0.1) is 0 Å². The van der Waals surface area contributed by atoms with Gasteiger partial charge in [-0.25, -0.2) is 4.98 Å². The molecule has 2 heterocycles. The Hall–Kier alpha value is -0.810. The highest BCUT2D eigenvalue weighted by Crippen LogP contribution is 2.20. The lowest BCUT2D eigenvalue weighted by Crippen LogP contribution is -2.48. The van der Waals surface area contributed by atoms with Crippen LogP contribution in [-0.2, 0) is 13.6 Å². The van der Waals surface area contributed by atoms with Crippen LogP contribution in [0.25, 0.3) is 11.0 Å². The number of benzene rings is 1. The van der Waals surface area contributed by atoms with E-state index in [1.165, 1.54) is 0 Å². The maximum atomic E-state index is 6.05. The Bertz CT molecular complexity index is 596. The summed E-state index contributed by atoms with van der Waals surface area (Å²) < 4.78 is 2.15. The van der Waals surface area contributed by atoms with Gasteiger partial charge in [-0.2, -0.15) is 0 Å². The SMILES string of the molecule is C[C@@H]1CN(Cc2nc3ccc(Cl)cc3n2C)CCN1.Cl. The summed E-state index contributed by atoms with van der Waals surface area (Å²) in [5.41, 5.74) is 2.12. The molecule has 0 spiro atoms. The van der Waals surface area contributed by atoms with Crippen molar-refractivity contribution in [3.8, 4) is 0 Å². The Morgan fingerprint density at radius 1 is 1.45 bits per heavy atom. The minimum Gasteiger partial charge on any atom is -0.330 e. The van der Waals surface area contributed by atoms with Crippen LogP contribution in [-0.4, -0.2) is 40.1 Å². The Morgan fingerprint density at radius 3 is 3.00 bits per heavy atom. The lowest BCUT2D eigenvalue weighted by Gasteiger charge is -2.31. The average Bonchev–Trinajstić information content (AvgIpc) is 2.67. The third-order valence-corrected chi connectivity index (χ3v) is 3.99. The third kappa shape index (κ3) is 3.09. The molecule has 1 fully saturated rings. The lowest BCUT2D eigenvalue weighted by molar-refractivity contribution is 0.194. The van der Waals surface area contributed by atoms with Crippen molar-refractivity contribution in [1.82, 2.24) is 19.8 Å². The van der Waals surface area contributed by atoms with Crippen molar-refractivity contribution in [2.24, 2.45) is 7.05 Å². The summed E-state index contributed by atoms with van der Waals surface area (Å²) in [5.74, 6) is 1.10. The second-order valence-electron chi connectivity index (χ2n) is 5.31. The quantitative estimate of drug-likeness (QED) is 0.924. The summed E-state index contributed by atoms with van der Waals surface area (Å²) in [4.78, 5) is 7.16. The molecule has 1 aromatic heterocycles. The molecule has 1 aromatic carbocycles. The Balaban J connectivity index is 0.00000147. The maximum absolute atomic E-state index is 6.05. The predicted octanol–water partition coefficient (Wildman–Crippen LogP) is 2.44. The van der Waals surface area contributed by atoms with Crippen LogP contribution in [0.1, 0.15) is 12.7 Å². The highest BCUT2D eigenvalue weighted by molar-refractivity contribution is 6.31. The monoisotopic (exact) mass is 314 g/mol. The number of imidazole rings is 1. The molecule has 0 unspecified atom stereocenters. The molecule has 0 amide bonds. The fourth-order valence-electron chi connectivity index (χ4n) is 2.71. The van der Waals surface area contributed by atoms with Crippen LogP contribution >= 0.6 is 24.0 Å². The van der Waals surface area contributed by atoms with Crippen molar-refractivity contribution in [2.45, 2.75) is 19.5 Å². The first-order chi connectivity index (χ1) is 9.13. The van der Waals surface area contributed by atoms with Crippen LogP contribution in [0.15, 0.2) is 18.2 Å². The normalized spacial score (nSPS) is 20.1. The highest BCUT2D eigenvalue weighted by atomic mass is 35.5. The highest BCUT2D eigenvalue weighted by Gasteiger charge is 2.18. The van der Waals surface area contributed by atoms with E-state index in [4.69, 9.17) is 16.6 Å².